The number of hydrogen-bond donors (Lipinski definition) is 1. The SMILES string of the molecule is CN1C[C@@H]2C(NCCC#N)[C@@H]2C1. The molecule has 0 aromatic rings. The van der Waals surface area contributed by atoms with Crippen LogP contribution in [0, 0.1) is 23.2 Å². The lowest BCUT2D eigenvalue weighted by atomic mass is 10.4. The highest BCUT2D eigenvalue weighted by Crippen LogP contribution is 2.44. The summed E-state index contributed by atoms with van der Waals surface area (Å²) in [6.45, 7) is 3.36. The van der Waals surface area contributed by atoms with Gasteiger partial charge in [0.05, 0.1) is 6.07 Å². The van der Waals surface area contributed by atoms with Crippen molar-refractivity contribution in [2.45, 2.75) is 12.5 Å². The molecule has 0 radical (unpaired) electrons. The van der Waals surface area contributed by atoms with Crippen LogP contribution >= 0.6 is 0 Å². The van der Waals surface area contributed by atoms with Crippen LogP contribution in [0.4, 0.5) is 0 Å². The number of nitriles is 1. The Bertz CT molecular complexity index is 196. The van der Waals surface area contributed by atoms with Crippen LogP contribution < -0.4 is 5.32 Å². The maximum Gasteiger partial charge on any atom is 0.0635 e. The number of rotatable bonds is 3. The number of nitrogens with zero attached hydrogens (tertiary/aromatic N) is 2. The summed E-state index contributed by atoms with van der Waals surface area (Å²) in [6, 6.07) is 2.88. The maximum absolute atomic E-state index is 8.35. The van der Waals surface area contributed by atoms with E-state index in [2.05, 4.69) is 23.3 Å². The third-order valence-electron chi connectivity index (χ3n) is 2.99. The number of nitrogens with one attached hydrogen (secondary N) is 1. The van der Waals surface area contributed by atoms with Gasteiger partial charge in [-0.3, -0.25) is 0 Å². The first-order valence-electron chi connectivity index (χ1n) is 4.62. The zero-order valence-electron chi connectivity index (χ0n) is 7.45. The van der Waals surface area contributed by atoms with Gasteiger partial charge in [-0.25, -0.2) is 0 Å². The van der Waals surface area contributed by atoms with Crippen molar-refractivity contribution in [2.75, 3.05) is 26.7 Å². The largest absolute Gasteiger partial charge is 0.312 e. The summed E-state index contributed by atoms with van der Waals surface area (Å²) in [5.74, 6) is 1.77. The molecule has 0 bridgehead atoms. The molecule has 1 heterocycles. The Balaban J connectivity index is 1.66. The monoisotopic (exact) mass is 165 g/mol. The summed E-state index contributed by atoms with van der Waals surface area (Å²) in [4.78, 5) is 2.39. The minimum atomic E-state index is 0.645. The summed E-state index contributed by atoms with van der Waals surface area (Å²) < 4.78 is 0. The Morgan fingerprint density at radius 3 is 2.75 bits per heavy atom. The van der Waals surface area contributed by atoms with Crippen LogP contribution in [0.5, 0.6) is 0 Å². The predicted molar refractivity (Wildman–Crippen MR) is 46.5 cm³/mol. The van der Waals surface area contributed by atoms with E-state index in [1.54, 1.807) is 0 Å². The van der Waals surface area contributed by atoms with Gasteiger partial charge < -0.3 is 10.2 Å². The quantitative estimate of drug-likeness (QED) is 0.601. The molecule has 3 atom stereocenters. The van der Waals surface area contributed by atoms with Gasteiger partial charge in [-0.2, -0.15) is 5.26 Å². The highest BCUT2D eigenvalue weighted by molar-refractivity contribution is 5.09. The maximum atomic E-state index is 8.35. The molecule has 3 heteroatoms. The molecule has 0 aromatic heterocycles. The fraction of sp³-hybridized carbons (Fsp3) is 0.889. The Morgan fingerprint density at radius 2 is 2.17 bits per heavy atom. The second kappa shape index (κ2) is 3.04. The van der Waals surface area contributed by atoms with Crippen LogP contribution in [-0.4, -0.2) is 37.6 Å². The summed E-state index contributed by atoms with van der Waals surface area (Å²) >= 11 is 0. The van der Waals surface area contributed by atoms with Crippen LogP contribution in [0.2, 0.25) is 0 Å². The van der Waals surface area contributed by atoms with E-state index in [0.717, 1.165) is 24.4 Å². The number of hydrogen-bond acceptors (Lipinski definition) is 3. The van der Waals surface area contributed by atoms with Gasteiger partial charge in [-0.1, -0.05) is 0 Å². The van der Waals surface area contributed by atoms with Crippen molar-refractivity contribution in [1.29, 1.82) is 5.26 Å². The van der Waals surface area contributed by atoms with E-state index in [1.807, 2.05) is 0 Å². The van der Waals surface area contributed by atoms with E-state index < -0.39 is 0 Å². The van der Waals surface area contributed by atoms with Gasteiger partial charge in [-0.15, -0.1) is 0 Å². The predicted octanol–water partition coefficient (Wildman–Crippen LogP) is 0.0497. The van der Waals surface area contributed by atoms with Gasteiger partial charge in [-0.05, 0) is 18.9 Å². The van der Waals surface area contributed by atoms with E-state index in [4.69, 9.17) is 5.26 Å². The van der Waals surface area contributed by atoms with Gasteiger partial charge in [0.15, 0.2) is 0 Å². The normalized spacial score (nSPS) is 39.2. The van der Waals surface area contributed by atoms with Gasteiger partial charge >= 0.3 is 0 Å². The smallest absolute Gasteiger partial charge is 0.0635 e. The summed E-state index contributed by atoms with van der Waals surface area (Å²) in [5.41, 5.74) is 0. The first-order valence-corrected chi connectivity index (χ1v) is 4.62. The van der Waals surface area contributed by atoms with Crippen molar-refractivity contribution in [1.82, 2.24) is 10.2 Å². The molecule has 1 aliphatic heterocycles. The first kappa shape index (κ1) is 8.03. The van der Waals surface area contributed by atoms with Crippen molar-refractivity contribution in [3.05, 3.63) is 0 Å². The van der Waals surface area contributed by atoms with Gasteiger partial charge in [0.2, 0.25) is 0 Å². The van der Waals surface area contributed by atoms with Crippen molar-refractivity contribution in [3.8, 4) is 6.07 Å². The zero-order chi connectivity index (χ0) is 8.55. The topological polar surface area (TPSA) is 39.1 Å². The van der Waals surface area contributed by atoms with Crippen molar-refractivity contribution in [2.24, 2.45) is 11.8 Å². The van der Waals surface area contributed by atoms with Gasteiger partial charge in [0, 0.05) is 32.1 Å². The number of fused-ring (bicyclic) bond motifs is 1. The molecule has 12 heavy (non-hydrogen) atoms. The van der Waals surface area contributed by atoms with Crippen LogP contribution in [0.15, 0.2) is 0 Å². The molecule has 2 rings (SSSR count). The standard InChI is InChI=1S/C9H15N3/c1-12-5-7-8(6-12)9(7)11-4-2-3-10/h7-9,11H,2,4-6H2,1H3/t7-,8+,9?. The molecule has 2 fully saturated rings. The molecule has 1 saturated heterocycles. The minimum absolute atomic E-state index is 0.645. The highest BCUT2D eigenvalue weighted by atomic mass is 15.2. The summed E-state index contributed by atoms with van der Waals surface area (Å²) in [6.07, 6.45) is 0.645. The molecular weight excluding hydrogens is 150 g/mol. The van der Waals surface area contributed by atoms with Crippen LogP contribution in [-0.2, 0) is 0 Å². The summed E-state index contributed by atoms with van der Waals surface area (Å²) in [5, 5.41) is 11.8. The molecule has 2 aliphatic rings. The first-order chi connectivity index (χ1) is 5.83. The van der Waals surface area contributed by atoms with E-state index in [0.29, 0.717) is 6.42 Å². The number of piperidine rings is 1. The van der Waals surface area contributed by atoms with E-state index in [1.165, 1.54) is 13.1 Å². The Kier molecular flexibility index (Phi) is 2.03. The summed E-state index contributed by atoms with van der Waals surface area (Å²) in [7, 11) is 2.18. The van der Waals surface area contributed by atoms with E-state index in [-0.39, 0.29) is 0 Å². The molecule has 1 aliphatic carbocycles. The Hall–Kier alpha value is -0.590. The third kappa shape index (κ3) is 1.33. The molecule has 0 spiro atoms. The van der Waals surface area contributed by atoms with Crippen molar-refractivity contribution < 1.29 is 0 Å². The lowest BCUT2D eigenvalue weighted by molar-refractivity contribution is 0.349. The second-order valence-electron chi connectivity index (χ2n) is 3.94. The fourth-order valence-corrected chi connectivity index (χ4v) is 2.33. The lowest BCUT2D eigenvalue weighted by Crippen LogP contribution is -2.29. The fourth-order valence-electron chi connectivity index (χ4n) is 2.33. The van der Waals surface area contributed by atoms with Crippen molar-refractivity contribution in [3.63, 3.8) is 0 Å². The average molecular weight is 165 g/mol. The molecule has 1 N–H and O–H groups in total. The molecule has 66 valence electrons. The Labute approximate surface area is 73.3 Å². The van der Waals surface area contributed by atoms with E-state index >= 15 is 0 Å². The van der Waals surface area contributed by atoms with E-state index in [9.17, 15) is 0 Å². The van der Waals surface area contributed by atoms with Crippen molar-refractivity contribution >= 4 is 0 Å². The third-order valence-corrected chi connectivity index (χ3v) is 2.99. The minimum Gasteiger partial charge on any atom is -0.312 e. The van der Waals surface area contributed by atoms with Gasteiger partial charge in [0.1, 0.15) is 0 Å². The number of likely N-dealkylation sites (tertiary alicyclic amines) is 1. The molecular formula is C9H15N3. The lowest BCUT2D eigenvalue weighted by Gasteiger charge is -2.12. The molecule has 0 aromatic carbocycles. The van der Waals surface area contributed by atoms with Crippen LogP contribution in [0.25, 0.3) is 0 Å². The average Bonchev–Trinajstić information content (AvgIpc) is 2.53. The molecule has 1 unspecified atom stereocenters. The Morgan fingerprint density at radius 1 is 1.50 bits per heavy atom. The molecule has 0 amide bonds. The second-order valence-corrected chi connectivity index (χ2v) is 3.94. The zero-order valence-corrected chi connectivity index (χ0v) is 7.45. The van der Waals surface area contributed by atoms with Crippen LogP contribution in [0.1, 0.15) is 6.42 Å². The van der Waals surface area contributed by atoms with Gasteiger partial charge in [0.25, 0.3) is 0 Å². The highest BCUT2D eigenvalue weighted by Gasteiger charge is 2.54. The molecule has 3 nitrogen and oxygen atoms in total. The van der Waals surface area contributed by atoms with Crippen LogP contribution in [0.3, 0.4) is 0 Å². The molecule has 1 saturated carbocycles.